The van der Waals surface area contributed by atoms with Crippen molar-refractivity contribution in [1.82, 2.24) is 9.88 Å². The van der Waals surface area contributed by atoms with Gasteiger partial charge in [-0.25, -0.2) is 4.79 Å². The van der Waals surface area contributed by atoms with Gasteiger partial charge in [0, 0.05) is 35.6 Å². The Bertz CT molecular complexity index is 1150. The van der Waals surface area contributed by atoms with Crippen LogP contribution in [0.15, 0.2) is 84.9 Å². The summed E-state index contributed by atoms with van der Waals surface area (Å²) in [5.74, 6) is -0.888. The van der Waals surface area contributed by atoms with E-state index in [0.29, 0.717) is 18.8 Å². The molecule has 0 amide bonds. The summed E-state index contributed by atoms with van der Waals surface area (Å²) in [4.78, 5) is 12.3. The van der Waals surface area contributed by atoms with Crippen LogP contribution in [-0.2, 0) is 19.5 Å². The highest BCUT2D eigenvalue weighted by Gasteiger charge is 2.22. The number of nitrogens with one attached hydrogen (secondary N) is 1. The van der Waals surface area contributed by atoms with E-state index in [1.54, 1.807) is 0 Å². The molecule has 0 fully saturated rings. The summed E-state index contributed by atoms with van der Waals surface area (Å²) in [6.45, 7) is 3.22. The van der Waals surface area contributed by atoms with Crippen LogP contribution in [0.1, 0.15) is 40.5 Å². The molecule has 1 atom stereocenters. The van der Waals surface area contributed by atoms with E-state index in [1.807, 2.05) is 65.2 Å². The molecule has 4 aromatic rings. The van der Waals surface area contributed by atoms with Crippen LogP contribution in [0, 0.1) is 0 Å². The number of nitrogens with zero attached hydrogens (tertiary/aromatic N) is 1. The summed E-state index contributed by atoms with van der Waals surface area (Å²) in [7, 11) is 0. The van der Waals surface area contributed by atoms with Gasteiger partial charge in [0.1, 0.15) is 5.69 Å². The van der Waals surface area contributed by atoms with Crippen molar-refractivity contribution in [3.05, 3.63) is 107 Å². The van der Waals surface area contributed by atoms with Gasteiger partial charge in [0.2, 0.25) is 0 Å². The molecule has 1 aromatic heterocycles. The molecule has 4 nitrogen and oxygen atoms in total. The third-order valence-electron chi connectivity index (χ3n) is 5.80. The van der Waals surface area contributed by atoms with Crippen molar-refractivity contribution in [2.75, 3.05) is 0 Å². The fraction of sp³-hybridized carbons (Fsp3) is 0.222. The molecule has 0 aliphatic rings. The summed E-state index contributed by atoms with van der Waals surface area (Å²) in [5.41, 5.74) is 4.58. The number of carboxylic acid groups (broad SMARTS) is 1. The molecule has 3 aromatic carbocycles. The second kappa shape index (κ2) is 9.63. The number of carboxylic acids is 1. The fourth-order valence-electron chi connectivity index (χ4n) is 4.14. The molecule has 2 N–H and O–H groups in total. The second-order valence-electron chi connectivity index (χ2n) is 8.03. The lowest BCUT2D eigenvalue weighted by atomic mass is 10.1. The number of hydrogen-bond donors (Lipinski definition) is 2. The average molecular weight is 413 g/mol. The largest absolute Gasteiger partial charge is 0.477 e. The van der Waals surface area contributed by atoms with Gasteiger partial charge in [0.05, 0.1) is 0 Å². The molecule has 0 aliphatic carbocycles. The summed E-state index contributed by atoms with van der Waals surface area (Å²) in [6.07, 6.45) is 1.99. The van der Waals surface area contributed by atoms with Gasteiger partial charge < -0.3 is 15.0 Å². The third-order valence-corrected chi connectivity index (χ3v) is 5.80. The van der Waals surface area contributed by atoms with E-state index in [1.165, 1.54) is 5.56 Å². The monoisotopic (exact) mass is 412 g/mol. The van der Waals surface area contributed by atoms with E-state index >= 15 is 0 Å². The summed E-state index contributed by atoms with van der Waals surface area (Å²) >= 11 is 0. The molecule has 0 spiro atoms. The zero-order valence-electron chi connectivity index (χ0n) is 17.8. The zero-order valence-corrected chi connectivity index (χ0v) is 17.8. The van der Waals surface area contributed by atoms with E-state index in [-0.39, 0.29) is 6.04 Å². The van der Waals surface area contributed by atoms with E-state index in [4.69, 9.17) is 0 Å². The maximum Gasteiger partial charge on any atom is 0.352 e. The van der Waals surface area contributed by atoms with Gasteiger partial charge in [0.25, 0.3) is 0 Å². The minimum absolute atomic E-state index is 0.276. The number of aryl methyl sites for hydroxylation is 1. The average Bonchev–Trinajstić information content (AvgIpc) is 3.11. The SMILES string of the molecule is CC(CCc1ccccc1)NCc1c(C(=O)O)n(Cc2ccccc2)c2ccccc12. The number of benzene rings is 3. The molecule has 4 heteroatoms. The fourth-order valence-corrected chi connectivity index (χ4v) is 4.14. The summed E-state index contributed by atoms with van der Waals surface area (Å²) in [6, 6.07) is 28.7. The lowest BCUT2D eigenvalue weighted by Gasteiger charge is -2.14. The molecule has 1 unspecified atom stereocenters. The van der Waals surface area contributed by atoms with Gasteiger partial charge in [-0.3, -0.25) is 0 Å². The first-order valence-electron chi connectivity index (χ1n) is 10.8. The third kappa shape index (κ3) is 4.86. The van der Waals surface area contributed by atoms with Gasteiger partial charge in [-0.15, -0.1) is 0 Å². The molecule has 0 aliphatic heterocycles. The molecule has 31 heavy (non-hydrogen) atoms. The molecule has 0 radical (unpaired) electrons. The first-order chi connectivity index (χ1) is 15.1. The van der Waals surface area contributed by atoms with E-state index in [0.717, 1.165) is 34.9 Å². The van der Waals surface area contributed by atoms with Crippen LogP contribution in [0.3, 0.4) is 0 Å². The van der Waals surface area contributed by atoms with E-state index in [9.17, 15) is 9.90 Å². The van der Waals surface area contributed by atoms with Crippen LogP contribution in [0.2, 0.25) is 0 Å². The van der Waals surface area contributed by atoms with Crippen molar-refractivity contribution < 1.29 is 9.90 Å². The second-order valence-corrected chi connectivity index (χ2v) is 8.03. The predicted molar refractivity (Wildman–Crippen MR) is 126 cm³/mol. The molecule has 158 valence electrons. The quantitative estimate of drug-likeness (QED) is 0.382. The highest BCUT2D eigenvalue weighted by atomic mass is 16.4. The van der Waals surface area contributed by atoms with Crippen LogP contribution in [-0.4, -0.2) is 21.7 Å². The summed E-state index contributed by atoms with van der Waals surface area (Å²) in [5, 5.41) is 14.7. The number of para-hydroxylation sites is 1. The van der Waals surface area contributed by atoms with Crippen LogP contribution >= 0.6 is 0 Å². The van der Waals surface area contributed by atoms with Gasteiger partial charge in [0.15, 0.2) is 0 Å². The number of aromatic carboxylic acids is 1. The molecule has 1 heterocycles. The Kier molecular flexibility index (Phi) is 6.48. The Morgan fingerprint density at radius 2 is 1.52 bits per heavy atom. The minimum Gasteiger partial charge on any atom is -0.477 e. The van der Waals surface area contributed by atoms with Gasteiger partial charge in [-0.2, -0.15) is 0 Å². The molecular weight excluding hydrogens is 384 g/mol. The Hall–Kier alpha value is -3.37. The Morgan fingerprint density at radius 1 is 0.903 bits per heavy atom. The molecule has 0 saturated heterocycles. The number of rotatable bonds is 9. The first-order valence-corrected chi connectivity index (χ1v) is 10.8. The molecule has 0 bridgehead atoms. The van der Waals surface area contributed by atoms with E-state index in [2.05, 4.69) is 36.5 Å². The van der Waals surface area contributed by atoms with Crippen molar-refractivity contribution in [3.8, 4) is 0 Å². The van der Waals surface area contributed by atoms with Crippen LogP contribution in [0.5, 0.6) is 0 Å². The van der Waals surface area contributed by atoms with Crippen LogP contribution < -0.4 is 5.32 Å². The maximum absolute atomic E-state index is 12.3. The summed E-state index contributed by atoms with van der Waals surface area (Å²) < 4.78 is 1.93. The zero-order chi connectivity index (χ0) is 21.6. The molecule has 0 saturated carbocycles. The highest BCUT2D eigenvalue weighted by Crippen LogP contribution is 2.28. The Morgan fingerprint density at radius 3 is 2.19 bits per heavy atom. The smallest absolute Gasteiger partial charge is 0.352 e. The van der Waals surface area contributed by atoms with Crippen molar-refractivity contribution in [2.45, 2.75) is 38.9 Å². The number of carbonyl (C=O) groups is 1. The highest BCUT2D eigenvalue weighted by molar-refractivity contribution is 5.98. The van der Waals surface area contributed by atoms with Crippen molar-refractivity contribution in [1.29, 1.82) is 0 Å². The standard InChI is InChI=1S/C27H28N2O2/c1-20(16-17-21-10-4-2-5-11-21)28-18-24-23-14-8-9-15-25(23)29(26(24)27(30)31)19-22-12-6-3-7-13-22/h2-15,20,28H,16-19H2,1H3,(H,30,31). The lowest BCUT2D eigenvalue weighted by Crippen LogP contribution is -2.27. The number of aromatic nitrogens is 1. The van der Waals surface area contributed by atoms with Gasteiger partial charge >= 0.3 is 5.97 Å². The minimum atomic E-state index is -0.888. The van der Waals surface area contributed by atoms with Crippen molar-refractivity contribution in [2.24, 2.45) is 0 Å². The predicted octanol–water partition coefficient (Wildman–Crippen LogP) is 5.50. The lowest BCUT2D eigenvalue weighted by molar-refractivity contribution is 0.0684. The normalized spacial score (nSPS) is 12.2. The Balaban J connectivity index is 1.58. The molecular formula is C27H28N2O2. The first kappa shape index (κ1) is 20.9. The topological polar surface area (TPSA) is 54.3 Å². The van der Waals surface area contributed by atoms with Gasteiger partial charge in [-0.05, 0) is 37.0 Å². The number of fused-ring (bicyclic) bond motifs is 1. The van der Waals surface area contributed by atoms with Gasteiger partial charge in [-0.1, -0.05) is 78.9 Å². The van der Waals surface area contributed by atoms with Crippen LogP contribution in [0.4, 0.5) is 0 Å². The Labute approximate surface area is 183 Å². The van der Waals surface area contributed by atoms with Crippen LogP contribution in [0.25, 0.3) is 10.9 Å². The van der Waals surface area contributed by atoms with Crippen molar-refractivity contribution in [3.63, 3.8) is 0 Å². The number of hydrogen-bond acceptors (Lipinski definition) is 2. The van der Waals surface area contributed by atoms with Crippen molar-refractivity contribution >= 4 is 16.9 Å². The molecule has 4 rings (SSSR count). The maximum atomic E-state index is 12.3. The van der Waals surface area contributed by atoms with E-state index < -0.39 is 5.97 Å².